The van der Waals surface area contributed by atoms with Crippen molar-refractivity contribution < 1.29 is 0 Å². The van der Waals surface area contributed by atoms with Gasteiger partial charge in [-0.3, -0.25) is 0 Å². The van der Waals surface area contributed by atoms with Gasteiger partial charge < -0.3 is 5.32 Å². The van der Waals surface area contributed by atoms with E-state index in [1.54, 1.807) is 0 Å². The van der Waals surface area contributed by atoms with Gasteiger partial charge in [0.1, 0.15) is 0 Å². The molecule has 0 atom stereocenters. The molecule has 1 N–H and O–H groups in total. The Kier molecular flexibility index (Phi) is 3.03. The van der Waals surface area contributed by atoms with E-state index in [0.29, 0.717) is 5.41 Å². The van der Waals surface area contributed by atoms with Gasteiger partial charge in [0, 0.05) is 18.1 Å². The Hall–Kier alpha value is -0.530. The van der Waals surface area contributed by atoms with Crippen LogP contribution >= 0.6 is 11.6 Å². The number of halogens is 1. The molecule has 0 unspecified atom stereocenters. The molecule has 2 rings (SSSR count). The summed E-state index contributed by atoms with van der Waals surface area (Å²) >= 11 is 6.02. The zero-order chi connectivity index (χ0) is 10.9. The highest BCUT2D eigenvalue weighted by Crippen LogP contribution is 2.32. The Bertz CT molecular complexity index is 350. The molecule has 1 saturated heterocycles. The van der Waals surface area contributed by atoms with Gasteiger partial charge in [0.25, 0.3) is 0 Å². The molecule has 1 heterocycles. The molecule has 1 fully saturated rings. The summed E-state index contributed by atoms with van der Waals surface area (Å²) in [7, 11) is 0. The van der Waals surface area contributed by atoms with Crippen LogP contribution < -0.4 is 5.32 Å². The van der Waals surface area contributed by atoms with Crippen LogP contribution in [0.25, 0.3) is 0 Å². The third kappa shape index (κ3) is 2.19. The van der Waals surface area contributed by atoms with Gasteiger partial charge in [0.2, 0.25) is 0 Å². The van der Waals surface area contributed by atoms with E-state index in [1.807, 2.05) is 6.07 Å². The fraction of sp³-hybridized carbons (Fsp3) is 0.538. The molecule has 0 aromatic heterocycles. The minimum Gasteiger partial charge on any atom is -0.316 e. The number of aryl methyl sites for hydroxylation is 1. The van der Waals surface area contributed by atoms with E-state index in [9.17, 15) is 0 Å². The van der Waals surface area contributed by atoms with Crippen LogP contribution in [-0.2, 0) is 6.42 Å². The Balaban J connectivity index is 2.13. The van der Waals surface area contributed by atoms with Crippen LogP contribution in [0.2, 0.25) is 5.02 Å². The monoisotopic (exact) mass is 223 g/mol. The molecule has 15 heavy (non-hydrogen) atoms. The first kappa shape index (κ1) is 11.0. The number of hydrogen-bond donors (Lipinski definition) is 1. The zero-order valence-corrected chi connectivity index (χ0v) is 10.2. The molecule has 1 aliphatic heterocycles. The van der Waals surface area contributed by atoms with Gasteiger partial charge in [-0.25, -0.2) is 0 Å². The van der Waals surface area contributed by atoms with Gasteiger partial charge in [-0.05, 0) is 42.4 Å². The van der Waals surface area contributed by atoms with Crippen molar-refractivity contribution in [3.8, 4) is 0 Å². The van der Waals surface area contributed by atoms with Crippen molar-refractivity contribution in [2.45, 2.75) is 26.7 Å². The quantitative estimate of drug-likeness (QED) is 0.830. The van der Waals surface area contributed by atoms with E-state index < -0.39 is 0 Å². The topological polar surface area (TPSA) is 12.0 Å². The van der Waals surface area contributed by atoms with Gasteiger partial charge >= 0.3 is 0 Å². The molecule has 0 saturated carbocycles. The van der Waals surface area contributed by atoms with Crippen molar-refractivity contribution in [2.24, 2.45) is 5.41 Å². The van der Waals surface area contributed by atoms with Crippen molar-refractivity contribution in [1.82, 2.24) is 5.32 Å². The largest absolute Gasteiger partial charge is 0.316 e. The number of nitrogens with one attached hydrogen (secondary N) is 1. The Labute approximate surface area is 96.8 Å². The minimum atomic E-state index is 0.500. The molecule has 0 amide bonds. The lowest BCUT2D eigenvalue weighted by Crippen LogP contribution is -2.54. The molecule has 1 nitrogen and oxygen atoms in total. The average molecular weight is 224 g/mol. The summed E-state index contributed by atoms with van der Waals surface area (Å²) in [4.78, 5) is 0. The smallest absolute Gasteiger partial charge is 0.0435 e. The number of hydrogen-bond acceptors (Lipinski definition) is 1. The normalized spacial score (nSPS) is 18.6. The van der Waals surface area contributed by atoms with E-state index >= 15 is 0 Å². The highest BCUT2D eigenvalue weighted by Gasteiger charge is 2.34. The summed E-state index contributed by atoms with van der Waals surface area (Å²) in [5.74, 6) is 0. The van der Waals surface area contributed by atoms with Crippen LogP contribution in [0.15, 0.2) is 18.2 Å². The zero-order valence-electron chi connectivity index (χ0n) is 9.44. The summed E-state index contributed by atoms with van der Waals surface area (Å²) < 4.78 is 0. The molecule has 0 bridgehead atoms. The molecule has 0 radical (unpaired) electrons. The molecule has 2 heteroatoms. The fourth-order valence-corrected chi connectivity index (χ4v) is 2.35. The molecule has 1 aromatic carbocycles. The minimum absolute atomic E-state index is 0.500. The number of benzene rings is 1. The summed E-state index contributed by atoms with van der Waals surface area (Å²) in [6.45, 7) is 6.67. The van der Waals surface area contributed by atoms with E-state index in [-0.39, 0.29) is 0 Å². The van der Waals surface area contributed by atoms with Crippen molar-refractivity contribution in [3.05, 3.63) is 34.3 Å². The first-order chi connectivity index (χ1) is 7.15. The molecular formula is C13H18ClN. The lowest BCUT2D eigenvalue weighted by Gasteiger charge is -2.42. The van der Waals surface area contributed by atoms with Crippen molar-refractivity contribution in [2.75, 3.05) is 13.1 Å². The predicted octanol–water partition coefficient (Wildman–Crippen LogP) is 3.19. The molecule has 0 spiro atoms. The standard InChI is InChI=1S/C13H18ClN/c1-3-13(8-15-9-13)7-11-4-5-12(14)10(2)6-11/h4-6,15H,3,7-9H2,1-2H3. The third-order valence-corrected chi connectivity index (χ3v) is 3.98. The Morgan fingerprint density at radius 2 is 2.13 bits per heavy atom. The maximum atomic E-state index is 6.02. The van der Waals surface area contributed by atoms with Crippen LogP contribution in [0, 0.1) is 12.3 Å². The summed E-state index contributed by atoms with van der Waals surface area (Å²) in [6, 6.07) is 6.39. The van der Waals surface area contributed by atoms with Crippen LogP contribution in [0.5, 0.6) is 0 Å². The maximum Gasteiger partial charge on any atom is 0.0435 e. The SMILES string of the molecule is CCC1(Cc2ccc(Cl)c(C)c2)CNC1. The van der Waals surface area contributed by atoms with Gasteiger partial charge in [-0.15, -0.1) is 0 Å². The molecule has 0 aliphatic carbocycles. The van der Waals surface area contributed by atoms with Crippen molar-refractivity contribution in [1.29, 1.82) is 0 Å². The molecular weight excluding hydrogens is 206 g/mol. The second-order valence-corrected chi connectivity index (χ2v) is 5.12. The maximum absolute atomic E-state index is 6.02. The van der Waals surface area contributed by atoms with E-state index in [2.05, 4.69) is 31.3 Å². The van der Waals surface area contributed by atoms with Crippen molar-refractivity contribution >= 4 is 11.6 Å². The first-order valence-electron chi connectivity index (χ1n) is 5.61. The van der Waals surface area contributed by atoms with Crippen LogP contribution in [0.4, 0.5) is 0 Å². The lowest BCUT2D eigenvalue weighted by molar-refractivity contribution is 0.160. The molecule has 1 aliphatic rings. The summed E-state index contributed by atoms with van der Waals surface area (Å²) in [5.41, 5.74) is 3.10. The highest BCUT2D eigenvalue weighted by molar-refractivity contribution is 6.31. The van der Waals surface area contributed by atoms with Gasteiger partial charge in [-0.1, -0.05) is 30.7 Å². The second-order valence-electron chi connectivity index (χ2n) is 4.72. The van der Waals surface area contributed by atoms with Gasteiger partial charge in [0.15, 0.2) is 0 Å². The van der Waals surface area contributed by atoms with E-state index in [0.717, 1.165) is 18.1 Å². The van der Waals surface area contributed by atoms with E-state index in [1.165, 1.54) is 24.0 Å². The highest BCUT2D eigenvalue weighted by atomic mass is 35.5. The van der Waals surface area contributed by atoms with E-state index in [4.69, 9.17) is 11.6 Å². The fourth-order valence-electron chi connectivity index (χ4n) is 2.23. The van der Waals surface area contributed by atoms with Gasteiger partial charge in [-0.2, -0.15) is 0 Å². The summed E-state index contributed by atoms with van der Waals surface area (Å²) in [5, 5.41) is 4.24. The van der Waals surface area contributed by atoms with Gasteiger partial charge in [0.05, 0.1) is 0 Å². The summed E-state index contributed by atoms with van der Waals surface area (Å²) in [6.07, 6.45) is 2.43. The first-order valence-corrected chi connectivity index (χ1v) is 5.99. The lowest BCUT2D eigenvalue weighted by atomic mass is 9.74. The Morgan fingerprint density at radius 1 is 1.40 bits per heavy atom. The molecule has 1 aromatic rings. The third-order valence-electron chi connectivity index (χ3n) is 3.55. The second kappa shape index (κ2) is 4.15. The predicted molar refractivity (Wildman–Crippen MR) is 65.5 cm³/mol. The van der Waals surface area contributed by atoms with Crippen LogP contribution in [0.3, 0.4) is 0 Å². The Morgan fingerprint density at radius 3 is 2.60 bits per heavy atom. The van der Waals surface area contributed by atoms with Crippen molar-refractivity contribution in [3.63, 3.8) is 0 Å². The number of rotatable bonds is 3. The van der Waals surface area contributed by atoms with Crippen LogP contribution in [0.1, 0.15) is 24.5 Å². The molecule has 82 valence electrons. The average Bonchev–Trinajstić information content (AvgIpc) is 2.17. The van der Waals surface area contributed by atoms with Crippen LogP contribution in [-0.4, -0.2) is 13.1 Å².